The number of unbranched alkanes of at least 4 members (excludes halogenated alkanes) is 2. The molecule has 0 fully saturated rings. The SMILES string of the molecule is CCCC(CCCCCS)OC(C)(C)CC. The van der Waals surface area contributed by atoms with Crippen molar-refractivity contribution in [1.82, 2.24) is 0 Å². The molecule has 0 aromatic heterocycles. The molecule has 1 atom stereocenters. The summed E-state index contributed by atoms with van der Waals surface area (Å²) in [5, 5.41) is 0. The minimum atomic E-state index is 0.0450. The number of hydrogen-bond donors (Lipinski definition) is 1. The van der Waals surface area contributed by atoms with E-state index in [1.807, 2.05) is 0 Å². The largest absolute Gasteiger partial charge is 0.372 e. The lowest BCUT2D eigenvalue weighted by Crippen LogP contribution is -2.30. The quantitative estimate of drug-likeness (QED) is 0.428. The monoisotopic (exact) mass is 246 g/mol. The van der Waals surface area contributed by atoms with Crippen molar-refractivity contribution in [1.29, 1.82) is 0 Å². The summed E-state index contributed by atoms with van der Waals surface area (Å²) in [4.78, 5) is 0. The maximum Gasteiger partial charge on any atom is 0.0627 e. The molecule has 0 N–H and O–H groups in total. The minimum absolute atomic E-state index is 0.0450. The van der Waals surface area contributed by atoms with Crippen LogP contribution in [0.25, 0.3) is 0 Å². The predicted octanol–water partition coefficient (Wildman–Crippen LogP) is 4.85. The Morgan fingerprint density at radius 1 is 1.06 bits per heavy atom. The lowest BCUT2D eigenvalue weighted by atomic mass is 10.0. The molecule has 0 heterocycles. The van der Waals surface area contributed by atoms with Gasteiger partial charge in [-0.05, 0) is 45.3 Å². The summed E-state index contributed by atoms with van der Waals surface area (Å²) in [5.41, 5.74) is 0.0450. The van der Waals surface area contributed by atoms with Gasteiger partial charge in [0, 0.05) is 0 Å². The van der Waals surface area contributed by atoms with Gasteiger partial charge < -0.3 is 4.74 Å². The molecule has 0 aromatic rings. The molecule has 2 heteroatoms. The number of ether oxygens (including phenoxy) is 1. The molecular weight excluding hydrogens is 216 g/mol. The molecule has 0 amide bonds. The third-order valence-electron chi connectivity index (χ3n) is 3.13. The van der Waals surface area contributed by atoms with Gasteiger partial charge in [-0.3, -0.25) is 0 Å². The molecule has 1 nitrogen and oxygen atoms in total. The van der Waals surface area contributed by atoms with Crippen LogP contribution in [0.5, 0.6) is 0 Å². The molecule has 0 aliphatic heterocycles. The molecule has 0 radical (unpaired) electrons. The second-order valence-electron chi connectivity index (χ2n) is 5.21. The van der Waals surface area contributed by atoms with Crippen LogP contribution >= 0.6 is 12.6 Å². The van der Waals surface area contributed by atoms with Crippen LogP contribution in [-0.4, -0.2) is 17.5 Å². The van der Waals surface area contributed by atoms with E-state index in [0.717, 1.165) is 12.2 Å². The summed E-state index contributed by atoms with van der Waals surface area (Å²) in [6, 6.07) is 0. The van der Waals surface area contributed by atoms with Crippen molar-refractivity contribution < 1.29 is 4.74 Å². The zero-order valence-corrected chi connectivity index (χ0v) is 12.5. The van der Waals surface area contributed by atoms with Gasteiger partial charge >= 0.3 is 0 Å². The predicted molar refractivity (Wildman–Crippen MR) is 76.5 cm³/mol. The highest BCUT2D eigenvalue weighted by atomic mass is 32.1. The van der Waals surface area contributed by atoms with Crippen LogP contribution in [0.2, 0.25) is 0 Å². The fraction of sp³-hybridized carbons (Fsp3) is 1.00. The van der Waals surface area contributed by atoms with Gasteiger partial charge in [0.1, 0.15) is 0 Å². The first-order chi connectivity index (χ1) is 7.55. The molecule has 1 unspecified atom stereocenters. The van der Waals surface area contributed by atoms with E-state index < -0.39 is 0 Å². The zero-order valence-electron chi connectivity index (χ0n) is 11.6. The van der Waals surface area contributed by atoms with Crippen molar-refractivity contribution in [3.8, 4) is 0 Å². The first kappa shape index (κ1) is 16.3. The van der Waals surface area contributed by atoms with Gasteiger partial charge in [0.25, 0.3) is 0 Å². The molecule has 0 saturated carbocycles. The van der Waals surface area contributed by atoms with Crippen LogP contribution < -0.4 is 0 Å². The second-order valence-corrected chi connectivity index (χ2v) is 5.66. The van der Waals surface area contributed by atoms with Crippen molar-refractivity contribution in [3.05, 3.63) is 0 Å². The van der Waals surface area contributed by atoms with Crippen molar-refractivity contribution in [2.24, 2.45) is 0 Å². The van der Waals surface area contributed by atoms with Gasteiger partial charge in [0.05, 0.1) is 11.7 Å². The Hall–Kier alpha value is 0.310. The molecule has 0 aliphatic carbocycles. The maximum absolute atomic E-state index is 6.19. The summed E-state index contributed by atoms with van der Waals surface area (Å²) in [6.07, 6.45) is 8.99. The van der Waals surface area contributed by atoms with Crippen LogP contribution in [0.15, 0.2) is 0 Å². The Balaban J connectivity index is 3.87. The molecule has 0 rings (SSSR count). The molecule has 0 spiro atoms. The summed E-state index contributed by atoms with van der Waals surface area (Å²) >= 11 is 4.24. The molecule has 0 saturated heterocycles. The van der Waals surface area contributed by atoms with Crippen molar-refractivity contribution in [3.63, 3.8) is 0 Å². The topological polar surface area (TPSA) is 9.23 Å². The second kappa shape index (κ2) is 9.35. The molecule has 0 aliphatic rings. The number of hydrogen-bond acceptors (Lipinski definition) is 2. The summed E-state index contributed by atoms with van der Waals surface area (Å²) < 4.78 is 6.19. The number of thiol groups is 1. The molecule has 98 valence electrons. The van der Waals surface area contributed by atoms with E-state index in [0.29, 0.717) is 6.10 Å². The van der Waals surface area contributed by atoms with Crippen molar-refractivity contribution >= 4 is 12.6 Å². The normalized spacial score (nSPS) is 14.1. The average Bonchev–Trinajstić information content (AvgIpc) is 2.24. The number of rotatable bonds is 10. The third-order valence-corrected chi connectivity index (χ3v) is 3.45. The molecule has 0 bridgehead atoms. The van der Waals surface area contributed by atoms with E-state index in [4.69, 9.17) is 4.74 Å². The highest BCUT2D eigenvalue weighted by Crippen LogP contribution is 2.22. The first-order valence-corrected chi connectivity index (χ1v) is 7.47. The van der Waals surface area contributed by atoms with Crippen LogP contribution in [0, 0.1) is 0 Å². The van der Waals surface area contributed by atoms with E-state index in [9.17, 15) is 0 Å². The van der Waals surface area contributed by atoms with Crippen LogP contribution in [-0.2, 0) is 4.74 Å². The summed E-state index contributed by atoms with van der Waals surface area (Å²) in [5.74, 6) is 1.01. The highest BCUT2D eigenvalue weighted by Gasteiger charge is 2.20. The minimum Gasteiger partial charge on any atom is -0.372 e. The summed E-state index contributed by atoms with van der Waals surface area (Å²) in [6.45, 7) is 8.83. The first-order valence-electron chi connectivity index (χ1n) is 6.84. The Bertz CT molecular complexity index is 157. The highest BCUT2D eigenvalue weighted by molar-refractivity contribution is 7.80. The van der Waals surface area contributed by atoms with E-state index in [2.05, 4.69) is 40.3 Å². The Labute approximate surface area is 108 Å². The maximum atomic E-state index is 6.19. The van der Waals surface area contributed by atoms with Gasteiger partial charge in [0.2, 0.25) is 0 Å². The Morgan fingerprint density at radius 2 is 1.75 bits per heavy atom. The standard InChI is InChI=1S/C14H30OS/c1-5-10-13(11-8-7-9-12-16)15-14(3,4)6-2/h13,16H,5-12H2,1-4H3. The van der Waals surface area contributed by atoms with Gasteiger partial charge in [-0.1, -0.05) is 33.1 Å². The smallest absolute Gasteiger partial charge is 0.0627 e. The van der Waals surface area contributed by atoms with E-state index >= 15 is 0 Å². The third kappa shape index (κ3) is 8.46. The van der Waals surface area contributed by atoms with Gasteiger partial charge in [-0.15, -0.1) is 0 Å². The van der Waals surface area contributed by atoms with E-state index in [1.54, 1.807) is 0 Å². The Kier molecular flexibility index (Phi) is 9.53. The fourth-order valence-electron chi connectivity index (χ4n) is 1.78. The summed E-state index contributed by atoms with van der Waals surface area (Å²) in [7, 11) is 0. The lowest BCUT2D eigenvalue weighted by molar-refractivity contribution is -0.0801. The van der Waals surface area contributed by atoms with Gasteiger partial charge in [0.15, 0.2) is 0 Å². The fourth-order valence-corrected chi connectivity index (χ4v) is 2.00. The van der Waals surface area contributed by atoms with Crippen LogP contribution in [0.4, 0.5) is 0 Å². The van der Waals surface area contributed by atoms with Crippen LogP contribution in [0.1, 0.15) is 72.6 Å². The van der Waals surface area contributed by atoms with Gasteiger partial charge in [-0.2, -0.15) is 12.6 Å². The molecule has 0 aromatic carbocycles. The van der Waals surface area contributed by atoms with Crippen molar-refractivity contribution in [2.45, 2.75) is 84.3 Å². The van der Waals surface area contributed by atoms with E-state index in [-0.39, 0.29) is 5.60 Å². The molecule has 16 heavy (non-hydrogen) atoms. The van der Waals surface area contributed by atoms with E-state index in [1.165, 1.54) is 38.5 Å². The average molecular weight is 246 g/mol. The lowest BCUT2D eigenvalue weighted by Gasteiger charge is -2.30. The Morgan fingerprint density at radius 3 is 2.25 bits per heavy atom. The molecular formula is C14H30OS. The van der Waals surface area contributed by atoms with Crippen LogP contribution in [0.3, 0.4) is 0 Å². The van der Waals surface area contributed by atoms with Crippen molar-refractivity contribution in [2.75, 3.05) is 5.75 Å². The zero-order chi connectivity index (χ0) is 12.4. The van der Waals surface area contributed by atoms with Gasteiger partial charge in [-0.25, -0.2) is 0 Å².